The van der Waals surface area contributed by atoms with E-state index in [1.807, 2.05) is 19.9 Å². The first-order chi connectivity index (χ1) is 9.94. The largest absolute Gasteiger partial charge is 0.307 e. The summed E-state index contributed by atoms with van der Waals surface area (Å²) in [6.07, 6.45) is 1.73. The highest BCUT2D eigenvalue weighted by Gasteiger charge is 2.22. The second-order valence-electron chi connectivity index (χ2n) is 4.87. The molecule has 0 unspecified atom stereocenters. The summed E-state index contributed by atoms with van der Waals surface area (Å²) in [5, 5.41) is 3.98. The van der Waals surface area contributed by atoms with E-state index in [1.54, 1.807) is 6.08 Å². The number of benzene rings is 1. The Hall–Kier alpha value is -1.43. The van der Waals surface area contributed by atoms with Crippen LogP contribution < -0.4 is 5.32 Å². The van der Waals surface area contributed by atoms with Gasteiger partial charge in [0.1, 0.15) is 9.47 Å². The van der Waals surface area contributed by atoms with Gasteiger partial charge < -0.3 is 5.32 Å². The van der Waals surface area contributed by atoms with E-state index in [-0.39, 0.29) is 5.91 Å². The van der Waals surface area contributed by atoms with Crippen LogP contribution in [0.4, 0.5) is 0 Å². The molecule has 0 aliphatic carbocycles. The van der Waals surface area contributed by atoms with E-state index in [1.165, 1.54) is 11.8 Å². The molecule has 1 saturated heterocycles. The summed E-state index contributed by atoms with van der Waals surface area (Å²) in [6.45, 7) is 4.05. The third kappa shape index (κ3) is 2.81. The monoisotopic (exact) mass is 334 g/mol. The minimum Gasteiger partial charge on any atom is -0.307 e. The number of pyridine rings is 1. The second kappa shape index (κ2) is 5.40. The van der Waals surface area contributed by atoms with Gasteiger partial charge in [-0.15, -0.1) is 0 Å². The first kappa shape index (κ1) is 14.5. The lowest BCUT2D eigenvalue weighted by Gasteiger charge is -2.07. The summed E-state index contributed by atoms with van der Waals surface area (Å²) in [7, 11) is 0. The molecule has 6 heteroatoms. The van der Waals surface area contributed by atoms with Crippen LogP contribution in [0.5, 0.6) is 0 Å². The molecule has 2 aromatic rings. The van der Waals surface area contributed by atoms with Gasteiger partial charge in [0.15, 0.2) is 0 Å². The maximum absolute atomic E-state index is 11.7. The molecule has 1 fully saturated rings. The van der Waals surface area contributed by atoms with Crippen molar-refractivity contribution < 1.29 is 4.79 Å². The van der Waals surface area contributed by atoms with Gasteiger partial charge in [0.2, 0.25) is 0 Å². The number of nitrogens with one attached hydrogen (secondary N) is 1. The Kier molecular flexibility index (Phi) is 3.73. The lowest BCUT2D eigenvalue weighted by molar-refractivity contribution is -0.115. The normalized spacial score (nSPS) is 16.8. The van der Waals surface area contributed by atoms with E-state index in [9.17, 15) is 4.79 Å². The van der Waals surface area contributed by atoms with Crippen molar-refractivity contribution in [2.45, 2.75) is 13.8 Å². The molecular weight excluding hydrogens is 324 g/mol. The highest BCUT2D eigenvalue weighted by molar-refractivity contribution is 8.26. The second-order valence-corrected chi connectivity index (χ2v) is 6.95. The fourth-order valence-electron chi connectivity index (χ4n) is 2.31. The summed E-state index contributed by atoms with van der Waals surface area (Å²) in [6, 6.07) is 6.08. The molecule has 21 heavy (non-hydrogen) atoms. The van der Waals surface area contributed by atoms with Crippen LogP contribution in [0.1, 0.15) is 16.7 Å². The van der Waals surface area contributed by atoms with E-state index in [4.69, 9.17) is 23.8 Å². The molecule has 0 saturated carbocycles. The number of aryl methyl sites for hydroxylation is 2. The molecule has 1 aromatic carbocycles. The predicted octanol–water partition coefficient (Wildman–Crippen LogP) is 3.99. The van der Waals surface area contributed by atoms with E-state index in [2.05, 4.69) is 22.4 Å². The van der Waals surface area contributed by atoms with Gasteiger partial charge in [-0.05, 0) is 37.6 Å². The number of thioether (sulfide) groups is 1. The van der Waals surface area contributed by atoms with Crippen molar-refractivity contribution in [3.8, 4) is 0 Å². The first-order valence-electron chi connectivity index (χ1n) is 6.26. The molecule has 3 rings (SSSR count). The van der Waals surface area contributed by atoms with Crippen LogP contribution in [0, 0.1) is 13.8 Å². The molecule has 3 nitrogen and oxygen atoms in total. The molecule has 0 radical (unpaired) electrons. The Balaban J connectivity index is 2.16. The topological polar surface area (TPSA) is 42.0 Å². The molecule has 0 atom stereocenters. The molecule has 1 aromatic heterocycles. The van der Waals surface area contributed by atoms with Crippen molar-refractivity contribution in [1.82, 2.24) is 10.3 Å². The summed E-state index contributed by atoms with van der Waals surface area (Å²) < 4.78 is 0.461. The molecule has 2 heterocycles. The number of nitrogens with zero attached hydrogens (tertiary/aromatic N) is 1. The van der Waals surface area contributed by atoms with Crippen LogP contribution in [0.15, 0.2) is 23.1 Å². The number of rotatable bonds is 1. The minimum atomic E-state index is -0.193. The van der Waals surface area contributed by atoms with Crippen molar-refractivity contribution >= 4 is 62.8 Å². The maximum atomic E-state index is 11.7. The molecule has 1 aliphatic rings. The fourth-order valence-corrected chi connectivity index (χ4v) is 3.54. The van der Waals surface area contributed by atoms with Gasteiger partial charge >= 0.3 is 0 Å². The Morgan fingerprint density at radius 3 is 2.76 bits per heavy atom. The Labute approximate surface area is 136 Å². The molecule has 1 N–H and O–H groups in total. The number of halogens is 1. The predicted molar refractivity (Wildman–Crippen MR) is 92.5 cm³/mol. The van der Waals surface area contributed by atoms with Gasteiger partial charge in [-0.3, -0.25) is 4.79 Å². The van der Waals surface area contributed by atoms with Crippen molar-refractivity contribution in [3.63, 3.8) is 0 Å². The average molecular weight is 335 g/mol. The molecule has 0 bridgehead atoms. The average Bonchev–Trinajstić information content (AvgIpc) is 2.70. The van der Waals surface area contributed by atoms with Crippen molar-refractivity contribution in [1.29, 1.82) is 0 Å². The first-order valence-corrected chi connectivity index (χ1v) is 7.86. The number of aromatic nitrogens is 1. The van der Waals surface area contributed by atoms with E-state index < -0.39 is 0 Å². The van der Waals surface area contributed by atoms with Crippen molar-refractivity contribution in [3.05, 3.63) is 44.9 Å². The maximum Gasteiger partial charge on any atom is 0.263 e. The number of carbonyl (C=O) groups is 1. The van der Waals surface area contributed by atoms with Gasteiger partial charge in [0.05, 0.1) is 10.4 Å². The van der Waals surface area contributed by atoms with Crippen LogP contribution in [0.2, 0.25) is 5.15 Å². The van der Waals surface area contributed by atoms with Gasteiger partial charge in [-0.2, -0.15) is 0 Å². The molecule has 0 spiro atoms. The zero-order chi connectivity index (χ0) is 15.1. The summed E-state index contributed by atoms with van der Waals surface area (Å²) in [5.41, 5.74) is 3.85. The summed E-state index contributed by atoms with van der Waals surface area (Å²) in [4.78, 5) is 16.7. The minimum absolute atomic E-state index is 0.193. The van der Waals surface area contributed by atoms with Crippen molar-refractivity contribution in [2.75, 3.05) is 0 Å². The van der Waals surface area contributed by atoms with Crippen LogP contribution in [-0.2, 0) is 4.79 Å². The van der Waals surface area contributed by atoms with E-state index >= 15 is 0 Å². The smallest absolute Gasteiger partial charge is 0.263 e. The lowest BCUT2D eigenvalue weighted by Crippen LogP contribution is -2.17. The Morgan fingerprint density at radius 2 is 2.10 bits per heavy atom. The van der Waals surface area contributed by atoms with Gasteiger partial charge in [-0.25, -0.2) is 4.98 Å². The number of fused-ring (bicyclic) bond motifs is 1. The van der Waals surface area contributed by atoms with Crippen LogP contribution in [-0.4, -0.2) is 15.2 Å². The fraction of sp³-hybridized carbons (Fsp3) is 0.133. The highest BCUT2D eigenvalue weighted by Crippen LogP contribution is 2.30. The van der Waals surface area contributed by atoms with Crippen LogP contribution >= 0.6 is 35.6 Å². The number of hydrogen-bond acceptors (Lipinski definition) is 4. The van der Waals surface area contributed by atoms with E-state index in [0.717, 1.165) is 27.6 Å². The van der Waals surface area contributed by atoms with Crippen molar-refractivity contribution in [2.24, 2.45) is 0 Å². The standard InChI is InChI=1S/C15H11ClN2OS2/c1-7-3-8(2)12-9(4-7)5-10(13(16)17-12)6-11-14(19)18-15(20)21-11/h3-6H,1-2H3,(H,18,19,20)/b11-6-. The molecule has 1 aliphatic heterocycles. The number of amides is 1. The SMILES string of the molecule is Cc1cc(C)c2nc(Cl)c(/C=C3\SC(=S)NC3=O)cc2c1. The number of thiocarbonyl (C=S) groups is 1. The number of carbonyl (C=O) groups excluding carboxylic acids is 1. The Morgan fingerprint density at radius 1 is 1.33 bits per heavy atom. The zero-order valence-corrected chi connectivity index (χ0v) is 13.7. The van der Waals surface area contributed by atoms with Gasteiger partial charge in [-0.1, -0.05) is 47.2 Å². The van der Waals surface area contributed by atoms with Gasteiger partial charge in [0, 0.05) is 10.9 Å². The molecule has 106 valence electrons. The van der Waals surface area contributed by atoms with Crippen LogP contribution in [0.25, 0.3) is 17.0 Å². The quantitative estimate of drug-likeness (QED) is 0.486. The summed E-state index contributed by atoms with van der Waals surface area (Å²) in [5.74, 6) is -0.193. The third-order valence-electron chi connectivity index (χ3n) is 3.16. The lowest BCUT2D eigenvalue weighted by atomic mass is 10.1. The van der Waals surface area contributed by atoms with Crippen LogP contribution in [0.3, 0.4) is 0 Å². The zero-order valence-electron chi connectivity index (χ0n) is 11.4. The summed E-state index contributed by atoms with van der Waals surface area (Å²) >= 11 is 12.5. The van der Waals surface area contributed by atoms with E-state index in [0.29, 0.717) is 14.4 Å². The number of hydrogen-bond donors (Lipinski definition) is 1. The third-order valence-corrected chi connectivity index (χ3v) is 4.63. The molecule has 1 amide bonds. The highest BCUT2D eigenvalue weighted by atomic mass is 35.5. The molecular formula is C15H11ClN2OS2. The van der Waals surface area contributed by atoms with Gasteiger partial charge in [0.25, 0.3) is 5.91 Å². The Bertz CT molecular complexity index is 830.